The summed E-state index contributed by atoms with van der Waals surface area (Å²) in [6.07, 6.45) is -4.78. The largest absolute Gasteiger partial charge is 0.468 e. The smallest absolute Gasteiger partial charge is 0.417 e. The van der Waals surface area contributed by atoms with Crippen molar-refractivity contribution in [3.63, 3.8) is 0 Å². The number of ether oxygens (including phenoxy) is 1. The van der Waals surface area contributed by atoms with Gasteiger partial charge in [0.15, 0.2) is 0 Å². The van der Waals surface area contributed by atoms with Crippen molar-refractivity contribution < 1.29 is 31.1 Å². The van der Waals surface area contributed by atoms with E-state index in [1.165, 1.54) is 24.9 Å². The van der Waals surface area contributed by atoms with Crippen LogP contribution in [0.2, 0.25) is 0 Å². The van der Waals surface area contributed by atoms with E-state index in [1.54, 1.807) is 0 Å². The lowest BCUT2D eigenvalue weighted by atomic mass is 10.2. The third kappa shape index (κ3) is 3.81. The minimum Gasteiger partial charge on any atom is -0.468 e. The molecular formula is C13H14F3NO4S2. The molecule has 1 fully saturated rings. The second kappa shape index (κ2) is 6.70. The summed E-state index contributed by atoms with van der Waals surface area (Å²) in [5, 5.41) is -0.749. The summed E-state index contributed by atoms with van der Waals surface area (Å²) in [5.74, 6) is -0.299. The van der Waals surface area contributed by atoms with Crippen molar-refractivity contribution in [2.75, 3.05) is 26.0 Å². The van der Waals surface area contributed by atoms with Crippen molar-refractivity contribution in [2.24, 2.45) is 0 Å². The summed E-state index contributed by atoms with van der Waals surface area (Å²) >= 11 is 1.22. The molecule has 0 bridgehead atoms. The van der Waals surface area contributed by atoms with E-state index in [-0.39, 0.29) is 13.1 Å². The monoisotopic (exact) mass is 369 g/mol. The summed E-state index contributed by atoms with van der Waals surface area (Å²) in [6, 6.07) is 4.01. The van der Waals surface area contributed by atoms with Gasteiger partial charge in [0.2, 0.25) is 10.0 Å². The number of hydrogen-bond donors (Lipinski definition) is 0. The van der Waals surface area contributed by atoms with Gasteiger partial charge in [-0.05, 0) is 12.1 Å². The van der Waals surface area contributed by atoms with Crippen molar-refractivity contribution in [1.29, 1.82) is 0 Å². The summed E-state index contributed by atoms with van der Waals surface area (Å²) < 4.78 is 69.8. The number of thioether (sulfide) groups is 1. The van der Waals surface area contributed by atoms with Gasteiger partial charge in [-0.1, -0.05) is 12.1 Å². The molecule has 23 heavy (non-hydrogen) atoms. The highest BCUT2D eigenvalue weighted by atomic mass is 32.2. The Morgan fingerprint density at radius 2 is 2.00 bits per heavy atom. The normalized spacial score (nSPS) is 20.3. The van der Waals surface area contributed by atoms with Gasteiger partial charge >= 0.3 is 12.1 Å². The molecule has 1 aromatic carbocycles. The first-order valence-electron chi connectivity index (χ1n) is 6.53. The fourth-order valence-corrected chi connectivity index (χ4v) is 5.19. The van der Waals surface area contributed by atoms with Gasteiger partial charge in [-0.15, -0.1) is 11.8 Å². The lowest BCUT2D eigenvalue weighted by molar-refractivity contribution is -0.141. The first kappa shape index (κ1) is 18.1. The molecule has 0 aliphatic carbocycles. The lowest BCUT2D eigenvalue weighted by Gasteiger charge is -2.30. The number of sulfonamides is 1. The van der Waals surface area contributed by atoms with Crippen LogP contribution in [-0.2, 0) is 25.7 Å². The highest BCUT2D eigenvalue weighted by Gasteiger charge is 2.40. The zero-order valence-electron chi connectivity index (χ0n) is 12.0. The molecule has 0 spiro atoms. The van der Waals surface area contributed by atoms with Crippen LogP contribution in [-0.4, -0.2) is 49.9 Å². The Morgan fingerprint density at radius 3 is 2.61 bits per heavy atom. The average molecular weight is 369 g/mol. The standard InChI is InChI=1S/C13H14F3NO4S2/c1-21-12(18)10-8-17(6-7-22-10)23(19,20)11-5-3-2-4-9(11)13(14,15)16/h2-5,10H,6-8H2,1H3/t10-/m0/s1. The Kier molecular flexibility index (Phi) is 5.27. The van der Waals surface area contributed by atoms with Gasteiger partial charge in [-0.2, -0.15) is 17.5 Å². The Morgan fingerprint density at radius 1 is 1.35 bits per heavy atom. The van der Waals surface area contributed by atoms with Gasteiger partial charge in [-0.3, -0.25) is 4.79 Å². The van der Waals surface area contributed by atoms with Crippen LogP contribution in [0.25, 0.3) is 0 Å². The molecule has 1 aromatic rings. The second-order valence-electron chi connectivity index (χ2n) is 4.74. The van der Waals surface area contributed by atoms with E-state index in [1.807, 2.05) is 0 Å². The number of alkyl halides is 3. The van der Waals surface area contributed by atoms with Gasteiger partial charge < -0.3 is 4.74 Å². The Hall–Kier alpha value is -1.26. The van der Waals surface area contributed by atoms with Crippen molar-refractivity contribution in [1.82, 2.24) is 4.31 Å². The predicted octanol–water partition coefficient (Wildman–Crippen LogP) is 1.98. The molecule has 1 aliphatic heterocycles. The van der Waals surface area contributed by atoms with Crippen LogP contribution in [0.1, 0.15) is 5.56 Å². The number of benzene rings is 1. The lowest BCUT2D eigenvalue weighted by Crippen LogP contribution is -2.45. The Labute approximate surface area is 135 Å². The first-order chi connectivity index (χ1) is 10.7. The second-order valence-corrected chi connectivity index (χ2v) is 7.96. The fraction of sp³-hybridized carbons (Fsp3) is 0.462. The van der Waals surface area contributed by atoms with Gasteiger partial charge in [0.1, 0.15) is 5.25 Å². The average Bonchev–Trinajstić information content (AvgIpc) is 2.53. The molecule has 0 radical (unpaired) electrons. The molecule has 0 aromatic heterocycles. The van der Waals surface area contributed by atoms with E-state index in [2.05, 4.69) is 4.74 Å². The van der Waals surface area contributed by atoms with Crippen molar-refractivity contribution in [3.05, 3.63) is 29.8 Å². The van der Waals surface area contributed by atoms with Crippen molar-refractivity contribution >= 4 is 27.8 Å². The molecule has 10 heteroatoms. The summed E-state index contributed by atoms with van der Waals surface area (Å²) in [4.78, 5) is 10.8. The van der Waals surface area contributed by atoms with Gasteiger partial charge in [0.05, 0.1) is 17.6 Å². The third-order valence-electron chi connectivity index (χ3n) is 3.30. The van der Waals surface area contributed by atoms with E-state index in [9.17, 15) is 26.4 Å². The highest BCUT2D eigenvalue weighted by Crippen LogP contribution is 2.36. The molecule has 2 rings (SSSR count). The highest BCUT2D eigenvalue weighted by molar-refractivity contribution is 8.00. The molecular weight excluding hydrogens is 355 g/mol. The molecule has 0 amide bonds. The van der Waals surface area contributed by atoms with E-state index < -0.39 is 37.9 Å². The Bertz CT molecular complexity index is 691. The molecule has 0 N–H and O–H groups in total. The number of carbonyl (C=O) groups excluding carboxylic acids is 1. The van der Waals surface area contributed by atoms with Crippen molar-refractivity contribution in [3.8, 4) is 0 Å². The van der Waals surface area contributed by atoms with Gasteiger partial charge in [-0.25, -0.2) is 8.42 Å². The maximum absolute atomic E-state index is 13.0. The maximum atomic E-state index is 13.0. The zero-order valence-corrected chi connectivity index (χ0v) is 13.7. The van der Waals surface area contributed by atoms with Crippen molar-refractivity contribution in [2.45, 2.75) is 16.3 Å². The predicted molar refractivity (Wildman–Crippen MR) is 78.5 cm³/mol. The minimum absolute atomic E-state index is 0.0344. The SMILES string of the molecule is COC(=O)[C@@H]1CN(S(=O)(=O)c2ccccc2C(F)(F)F)CCS1. The number of hydrogen-bond acceptors (Lipinski definition) is 5. The molecule has 0 saturated carbocycles. The molecule has 0 unspecified atom stereocenters. The van der Waals surface area contributed by atoms with E-state index in [0.29, 0.717) is 5.75 Å². The van der Waals surface area contributed by atoms with E-state index >= 15 is 0 Å². The molecule has 5 nitrogen and oxygen atoms in total. The molecule has 1 heterocycles. The van der Waals surface area contributed by atoms with Crippen LogP contribution in [0.3, 0.4) is 0 Å². The molecule has 1 saturated heterocycles. The van der Waals surface area contributed by atoms with E-state index in [0.717, 1.165) is 22.5 Å². The van der Waals surface area contributed by atoms with Crippen LogP contribution < -0.4 is 0 Å². The van der Waals surface area contributed by atoms with E-state index in [4.69, 9.17) is 0 Å². The van der Waals surface area contributed by atoms with Crippen LogP contribution in [0.5, 0.6) is 0 Å². The van der Waals surface area contributed by atoms with Crippen LogP contribution >= 0.6 is 11.8 Å². The topological polar surface area (TPSA) is 63.7 Å². The number of halogens is 3. The fourth-order valence-electron chi connectivity index (χ4n) is 2.18. The number of carbonyl (C=O) groups is 1. The third-order valence-corrected chi connectivity index (χ3v) is 6.39. The van der Waals surface area contributed by atoms with Crippen LogP contribution in [0.15, 0.2) is 29.2 Å². The zero-order chi connectivity index (χ0) is 17.3. The summed E-state index contributed by atoms with van der Waals surface area (Å²) in [7, 11) is -3.18. The summed E-state index contributed by atoms with van der Waals surface area (Å²) in [6.45, 7) is -0.182. The van der Waals surface area contributed by atoms with Crippen LogP contribution in [0, 0.1) is 0 Å². The number of esters is 1. The molecule has 1 aliphatic rings. The summed E-state index contributed by atoms with van der Waals surface area (Å²) in [5.41, 5.74) is -1.21. The quantitative estimate of drug-likeness (QED) is 0.763. The number of nitrogens with zero attached hydrogens (tertiary/aromatic N) is 1. The maximum Gasteiger partial charge on any atom is 0.417 e. The Balaban J connectivity index is 2.38. The number of rotatable bonds is 3. The number of methoxy groups -OCH3 is 1. The van der Waals surface area contributed by atoms with Gasteiger partial charge in [0, 0.05) is 18.8 Å². The molecule has 128 valence electrons. The van der Waals surface area contributed by atoms with Crippen LogP contribution in [0.4, 0.5) is 13.2 Å². The van der Waals surface area contributed by atoms with Gasteiger partial charge in [0.25, 0.3) is 0 Å². The minimum atomic E-state index is -4.78. The first-order valence-corrected chi connectivity index (χ1v) is 9.02. The molecule has 1 atom stereocenters.